The van der Waals surface area contributed by atoms with Crippen LogP contribution in [0.3, 0.4) is 0 Å². The lowest BCUT2D eigenvalue weighted by atomic mass is 9.80. The molecule has 0 heterocycles. The normalized spacial score (nSPS) is 16.0. The first kappa shape index (κ1) is 10.7. The number of hydrogen-bond acceptors (Lipinski definition) is 2. The van der Waals surface area contributed by atoms with Crippen molar-refractivity contribution < 1.29 is 0 Å². The van der Waals surface area contributed by atoms with Gasteiger partial charge in [0.2, 0.25) is 5.96 Å². The summed E-state index contributed by atoms with van der Waals surface area (Å²) in [5.41, 5.74) is 12.7. The fourth-order valence-corrected chi connectivity index (χ4v) is 1.76. The van der Waals surface area contributed by atoms with Crippen LogP contribution in [0.15, 0.2) is 34.5 Å². The van der Waals surface area contributed by atoms with Gasteiger partial charge < -0.3 is 11.5 Å². The predicted molar refractivity (Wildman–Crippen MR) is 66.4 cm³/mol. The summed E-state index contributed by atoms with van der Waals surface area (Å²) in [5, 5.41) is 7.31. The lowest BCUT2D eigenvalue weighted by molar-refractivity contribution is 0.420. The minimum absolute atomic E-state index is 0.0256. The summed E-state index contributed by atoms with van der Waals surface area (Å²) in [6, 6.07) is 8.39. The molecule has 1 aromatic carbocycles. The molecule has 1 aromatic rings. The summed E-state index contributed by atoms with van der Waals surface area (Å²) >= 11 is 0. The smallest absolute Gasteiger partial charge is 0.211 e. The third-order valence-corrected chi connectivity index (χ3v) is 2.89. The highest BCUT2D eigenvalue weighted by atomic mass is 15.3. The van der Waals surface area contributed by atoms with Crippen LogP contribution in [0.1, 0.15) is 36.3 Å². The Morgan fingerprint density at radius 1 is 1.19 bits per heavy atom. The molecule has 4 nitrogen and oxygen atoms in total. The molecular formula is C12H16N4. The second-order valence-electron chi connectivity index (χ2n) is 4.06. The van der Waals surface area contributed by atoms with Gasteiger partial charge in [-0.2, -0.15) is 5.10 Å². The molecule has 16 heavy (non-hydrogen) atoms. The fourth-order valence-electron chi connectivity index (χ4n) is 1.76. The summed E-state index contributed by atoms with van der Waals surface area (Å²) in [6.07, 6.45) is 5.64. The van der Waals surface area contributed by atoms with E-state index in [4.69, 9.17) is 11.5 Å². The van der Waals surface area contributed by atoms with Gasteiger partial charge in [-0.1, -0.05) is 30.7 Å². The van der Waals surface area contributed by atoms with Crippen LogP contribution in [0.2, 0.25) is 0 Å². The molecule has 2 rings (SSSR count). The minimum atomic E-state index is -0.0256. The van der Waals surface area contributed by atoms with E-state index in [-0.39, 0.29) is 5.96 Å². The van der Waals surface area contributed by atoms with E-state index in [2.05, 4.69) is 22.3 Å². The molecule has 84 valence electrons. The highest BCUT2D eigenvalue weighted by Crippen LogP contribution is 2.36. The summed E-state index contributed by atoms with van der Waals surface area (Å²) in [5.74, 6) is 0.742. The van der Waals surface area contributed by atoms with E-state index in [0.29, 0.717) is 0 Å². The van der Waals surface area contributed by atoms with Crippen molar-refractivity contribution in [3.63, 3.8) is 0 Å². The van der Waals surface area contributed by atoms with Gasteiger partial charge in [-0.3, -0.25) is 0 Å². The van der Waals surface area contributed by atoms with E-state index in [0.717, 1.165) is 11.5 Å². The largest absolute Gasteiger partial charge is 0.369 e. The van der Waals surface area contributed by atoms with E-state index in [1.54, 1.807) is 6.21 Å². The first-order chi connectivity index (χ1) is 7.75. The van der Waals surface area contributed by atoms with Gasteiger partial charge in [-0.25, -0.2) is 0 Å². The molecule has 1 fully saturated rings. The second-order valence-corrected chi connectivity index (χ2v) is 4.06. The Balaban J connectivity index is 2.01. The molecule has 4 N–H and O–H groups in total. The Bertz CT molecular complexity index is 398. The Morgan fingerprint density at radius 2 is 1.88 bits per heavy atom. The third-order valence-electron chi connectivity index (χ3n) is 2.89. The van der Waals surface area contributed by atoms with Gasteiger partial charge in [0.25, 0.3) is 0 Å². The summed E-state index contributed by atoms with van der Waals surface area (Å²) < 4.78 is 0. The van der Waals surface area contributed by atoms with Crippen molar-refractivity contribution in [1.82, 2.24) is 0 Å². The van der Waals surface area contributed by atoms with Crippen molar-refractivity contribution in [3.8, 4) is 0 Å². The zero-order chi connectivity index (χ0) is 11.4. The van der Waals surface area contributed by atoms with Crippen LogP contribution in [0.4, 0.5) is 0 Å². The van der Waals surface area contributed by atoms with Gasteiger partial charge in [-0.15, -0.1) is 5.10 Å². The molecule has 0 spiro atoms. The number of rotatable bonds is 3. The van der Waals surface area contributed by atoms with Crippen molar-refractivity contribution in [3.05, 3.63) is 35.4 Å². The van der Waals surface area contributed by atoms with E-state index in [1.807, 2.05) is 12.1 Å². The van der Waals surface area contributed by atoms with E-state index < -0.39 is 0 Å². The molecular weight excluding hydrogens is 200 g/mol. The molecule has 0 aliphatic heterocycles. The molecule has 0 atom stereocenters. The molecule has 4 heteroatoms. The maximum absolute atomic E-state index is 5.16. The number of guanidine groups is 1. The maximum Gasteiger partial charge on any atom is 0.211 e. The van der Waals surface area contributed by atoms with E-state index >= 15 is 0 Å². The van der Waals surface area contributed by atoms with Crippen LogP contribution in [-0.2, 0) is 0 Å². The van der Waals surface area contributed by atoms with E-state index in [1.165, 1.54) is 24.8 Å². The fraction of sp³-hybridized carbons (Fsp3) is 0.333. The maximum atomic E-state index is 5.16. The minimum Gasteiger partial charge on any atom is -0.369 e. The first-order valence-corrected chi connectivity index (χ1v) is 5.47. The Kier molecular flexibility index (Phi) is 3.19. The Labute approximate surface area is 95.1 Å². The van der Waals surface area contributed by atoms with Crippen molar-refractivity contribution in [2.45, 2.75) is 25.2 Å². The molecule has 1 aliphatic carbocycles. The summed E-state index contributed by atoms with van der Waals surface area (Å²) in [6.45, 7) is 0. The van der Waals surface area contributed by atoms with Crippen LogP contribution in [0.5, 0.6) is 0 Å². The van der Waals surface area contributed by atoms with E-state index in [9.17, 15) is 0 Å². The topological polar surface area (TPSA) is 76.8 Å². The second kappa shape index (κ2) is 4.79. The van der Waals surface area contributed by atoms with Crippen LogP contribution in [-0.4, -0.2) is 12.2 Å². The highest BCUT2D eigenvalue weighted by molar-refractivity contribution is 5.81. The molecule has 0 bridgehead atoms. The number of nitrogens with zero attached hydrogens (tertiary/aromatic N) is 2. The van der Waals surface area contributed by atoms with Crippen LogP contribution in [0, 0.1) is 0 Å². The van der Waals surface area contributed by atoms with Crippen LogP contribution >= 0.6 is 0 Å². The number of benzene rings is 1. The zero-order valence-electron chi connectivity index (χ0n) is 9.13. The van der Waals surface area contributed by atoms with Gasteiger partial charge in [-0.05, 0) is 29.9 Å². The number of hydrogen-bond donors (Lipinski definition) is 2. The van der Waals surface area contributed by atoms with Crippen molar-refractivity contribution in [2.24, 2.45) is 21.7 Å². The lowest BCUT2D eigenvalue weighted by Crippen LogP contribution is -2.21. The SMILES string of the molecule is NC(N)=NN=Cc1ccc(C2CCC2)cc1. The predicted octanol–water partition coefficient (Wildman–Crippen LogP) is 1.56. The van der Waals surface area contributed by atoms with Gasteiger partial charge in [0.15, 0.2) is 0 Å². The average molecular weight is 216 g/mol. The molecule has 0 unspecified atom stereocenters. The van der Waals surface area contributed by atoms with Crippen LogP contribution < -0.4 is 11.5 Å². The first-order valence-electron chi connectivity index (χ1n) is 5.47. The summed E-state index contributed by atoms with van der Waals surface area (Å²) in [7, 11) is 0. The average Bonchev–Trinajstić information content (AvgIpc) is 2.17. The molecule has 0 amide bonds. The van der Waals surface area contributed by atoms with Gasteiger partial charge in [0, 0.05) is 0 Å². The Morgan fingerprint density at radius 3 is 2.38 bits per heavy atom. The van der Waals surface area contributed by atoms with Gasteiger partial charge in [0.05, 0.1) is 6.21 Å². The molecule has 1 aliphatic rings. The summed E-state index contributed by atoms with van der Waals surface area (Å²) in [4.78, 5) is 0. The standard InChI is InChI=1S/C12H16N4/c13-12(14)16-15-8-9-4-6-11(7-5-9)10-2-1-3-10/h4-8,10H,1-3H2,(H4,13,14,16). The zero-order valence-corrected chi connectivity index (χ0v) is 9.13. The van der Waals surface area contributed by atoms with Crippen molar-refractivity contribution in [2.75, 3.05) is 0 Å². The monoisotopic (exact) mass is 216 g/mol. The van der Waals surface area contributed by atoms with Crippen molar-refractivity contribution in [1.29, 1.82) is 0 Å². The quantitative estimate of drug-likeness (QED) is 0.457. The third kappa shape index (κ3) is 2.59. The van der Waals surface area contributed by atoms with Gasteiger partial charge >= 0.3 is 0 Å². The lowest BCUT2D eigenvalue weighted by Gasteiger charge is -2.25. The molecule has 1 saturated carbocycles. The Hall–Kier alpha value is -1.84. The molecule has 0 radical (unpaired) electrons. The number of nitrogens with two attached hydrogens (primary N) is 2. The van der Waals surface area contributed by atoms with Crippen molar-refractivity contribution >= 4 is 12.2 Å². The van der Waals surface area contributed by atoms with Gasteiger partial charge in [0.1, 0.15) is 0 Å². The molecule has 0 aromatic heterocycles. The van der Waals surface area contributed by atoms with Crippen LogP contribution in [0.25, 0.3) is 0 Å². The molecule has 0 saturated heterocycles. The highest BCUT2D eigenvalue weighted by Gasteiger charge is 2.18.